The predicted molar refractivity (Wildman–Crippen MR) is 101 cm³/mol. The first-order chi connectivity index (χ1) is 13.6. The Morgan fingerprint density at radius 3 is 2.64 bits per heavy atom. The van der Waals surface area contributed by atoms with Crippen molar-refractivity contribution in [2.75, 3.05) is 5.32 Å². The first kappa shape index (κ1) is 16.4. The lowest BCUT2D eigenvalue weighted by atomic mass is 9.84. The lowest BCUT2D eigenvalue weighted by Gasteiger charge is -2.25. The number of carbonyl (C=O) groups excluding carboxylic acids is 1. The molecule has 0 saturated heterocycles. The highest BCUT2D eigenvalue weighted by atomic mass is 19.1. The topological polar surface area (TPSA) is 92.7 Å². The first-order valence-electron chi connectivity index (χ1n) is 8.73. The minimum absolute atomic E-state index is 0.141. The van der Waals surface area contributed by atoms with Gasteiger partial charge in [0.05, 0.1) is 5.69 Å². The summed E-state index contributed by atoms with van der Waals surface area (Å²) in [4.78, 5) is 28.7. The van der Waals surface area contributed by atoms with E-state index < -0.39 is 5.92 Å². The van der Waals surface area contributed by atoms with Crippen LogP contribution in [0.3, 0.4) is 0 Å². The number of aromatic amines is 1. The van der Waals surface area contributed by atoms with Crippen LogP contribution < -0.4 is 10.9 Å². The largest absolute Gasteiger partial charge is 0.329 e. The Balaban J connectivity index is 1.73. The SMILES string of the molecule is O=C1C[C@H](c2ccc[nH]c2=O)c2c(ccc3nn(-c4ccc(F)cc4)nc23)N1. The molecule has 0 spiro atoms. The Kier molecular flexibility index (Phi) is 3.58. The number of hydrogen-bond acceptors (Lipinski definition) is 4. The molecule has 7 nitrogen and oxygen atoms in total. The molecule has 1 amide bonds. The molecule has 8 heteroatoms. The van der Waals surface area contributed by atoms with Gasteiger partial charge in [-0.25, -0.2) is 4.39 Å². The fourth-order valence-electron chi connectivity index (χ4n) is 3.62. The number of aromatic nitrogens is 4. The maximum absolute atomic E-state index is 13.2. The average molecular weight is 375 g/mol. The minimum atomic E-state index is -0.434. The molecule has 0 aliphatic carbocycles. The third-order valence-electron chi connectivity index (χ3n) is 4.89. The number of hydrogen-bond donors (Lipinski definition) is 2. The Hall–Kier alpha value is -3.81. The number of benzene rings is 2. The van der Waals surface area contributed by atoms with E-state index in [0.717, 1.165) is 5.56 Å². The van der Waals surface area contributed by atoms with Crippen LogP contribution in [0.1, 0.15) is 23.5 Å². The molecule has 2 aromatic heterocycles. The van der Waals surface area contributed by atoms with E-state index in [1.807, 2.05) is 0 Å². The van der Waals surface area contributed by atoms with E-state index in [1.165, 1.54) is 16.9 Å². The molecule has 0 unspecified atom stereocenters. The summed E-state index contributed by atoms with van der Waals surface area (Å²) in [6.07, 6.45) is 1.70. The second-order valence-corrected chi connectivity index (χ2v) is 6.62. The van der Waals surface area contributed by atoms with Gasteiger partial charge in [0.25, 0.3) is 5.56 Å². The van der Waals surface area contributed by atoms with Crippen molar-refractivity contribution >= 4 is 22.6 Å². The van der Waals surface area contributed by atoms with Crippen LogP contribution in [0.15, 0.2) is 59.5 Å². The number of pyridine rings is 1. The van der Waals surface area contributed by atoms with Gasteiger partial charge < -0.3 is 10.3 Å². The maximum atomic E-state index is 13.2. The Morgan fingerprint density at radius 2 is 1.86 bits per heavy atom. The van der Waals surface area contributed by atoms with E-state index >= 15 is 0 Å². The molecule has 1 atom stereocenters. The van der Waals surface area contributed by atoms with Gasteiger partial charge in [0.2, 0.25) is 5.91 Å². The Bertz CT molecular complexity index is 1280. The summed E-state index contributed by atoms with van der Waals surface area (Å²) in [6, 6.07) is 12.8. The lowest BCUT2D eigenvalue weighted by Crippen LogP contribution is -2.27. The van der Waals surface area contributed by atoms with Gasteiger partial charge in [0.15, 0.2) is 0 Å². The highest BCUT2D eigenvalue weighted by molar-refractivity contribution is 5.99. The fraction of sp³-hybridized carbons (Fsp3) is 0.100. The average Bonchev–Trinajstić information content (AvgIpc) is 3.12. The molecular formula is C20H14FN5O2. The van der Waals surface area contributed by atoms with E-state index in [2.05, 4.69) is 20.5 Å². The van der Waals surface area contributed by atoms with E-state index in [1.54, 1.807) is 42.6 Å². The highest BCUT2D eigenvalue weighted by Crippen LogP contribution is 2.39. The van der Waals surface area contributed by atoms with Crippen LogP contribution >= 0.6 is 0 Å². The Morgan fingerprint density at radius 1 is 1.04 bits per heavy atom. The van der Waals surface area contributed by atoms with Crippen molar-refractivity contribution in [2.45, 2.75) is 12.3 Å². The van der Waals surface area contributed by atoms with Gasteiger partial charge in [-0.2, -0.15) is 4.80 Å². The number of anilines is 1. The number of nitrogens with one attached hydrogen (secondary N) is 2. The summed E-state index contributed by atoms with van der Waals surface area (Å²) < 4.78 is 13.2. The fourth-order valence-corrected chi connectivity index (χ4v) is 3.62. The van der Waals surface area contributed by atoms with E-state index in [-0.39, 0.29) is 23.7 Å². The van der Waals surface area contributed by atoms with Crippen molar-refractivity contribution < 1.29 is 9.18 Å². The van der Waals surface area contributed by atoms with Crippen molar-refractivity contribution in [1.29, 1.82) is 0 Å². The molecule has 3 heterocycles. The van der Waals surface area contributed by atoms with Crippen LogP contribution in [0.25, 0.3) is 16.7 Å². The van der Waals surface area contributed by atoms with Gasteiger partial charge in [-0.05, 0) is 42.5 Å². The first-order valence-corrected chi connectivity index (χ1v) is 8.73. The molecule has 0 saturated carbocycles. The van der Waals surface area contributed by atoms with Crippen molar-refractivity contribution in [3.05, 3.63) is 82.0 Å². The monoisotopic (exact) mass is 375 g/mol. The molecule has 1 aliphatic rings. The smallest absolute Gasteiger partial charge is 0.251 e. The van der Waals surface area contributed by atoms with Crippen LogP contribution in [0, 0.1) is 5.82 Å². The number of H-pyrrole nitrogens is 1. The van der Waals surface area contributed by atoms with Gasteiger partial charge in [0, 0.05) is 35.3 Å². The molecular weight excluding hydrogens is 361 g/mol. The third-order valence-corrected chi connectivity index (χ3v) is 4.89. The predicted octanol–water partition coefficient (Wildman–Crippen LogP) is 2.72. The summed E-state index contributed by atoms with van der Waals surface area (Å²) in [5.41, 5.74) is 3.45. The van der Waals surface area contributed by atoms with Gasteiger partial charge >= 0.3 is 0 Å². The van der Waals surface area contributed by atoms with Gasteiger partial charge in [-0.3, -0.25) is 9.59 Å². The van der Waals surface area contributed by atoms with Gasteiger partial charge in [0.1, 0.15) is 16.9 Å². The van der Waals surface area contributed by atoms with E-state index in [4.69, 9.17) is 0 Å². The van der Waals surface area contributed by atoms with Crippen LogP contribution in [-0.4, -0.2) is 25.9 Å². The molecule has 138 valence electrons. The van der Waals surface area contributed by atoms with Crippen LogP contribution in [-0.2, 0) is 4.79 Å². The lowest BCUT2D eigenvalue weighted by molar-refractivity contribution is -0.116. The Labute approximate surface area is 157 Å². The summed E-state index contributed by atoms with van der Waals surface area (Å²) in [5, 5.41) is 11.9. The van der Waals surface area contributed by atoms with E-state index in [9.17, 15) is 14.0 Å². The van der Waals surface area contributed by atoms with Gasteiger partial charge in [-0.1, -0.05) is 6.07 Å². The summed E-state index contributed by atoms with van der Waals surface area (Å²) in [6.45, 7) is 0. The molecule has 1 aliphatic heterocycles. The number of amides is 1. The van der Waals surface area contributed by atoms with Crippen molar-refractivity contribution in [2.24, 2.45) is 0 Å². The molecule has 0 bridgehead atoms. The zero-order chi connectivity index (χ0) is 19.3. The minimum Gasteiger partial charge on any atom is -0.329 e. The van der Waals surface area contributed by atoms with Crippen LogP contribution in [0.2, 0.25) is 0 Å². The van der Waals surface area contributed by atoms with Crippen LogP contribution in [0.5, 0.6) is 0 Å². The number of carbonyl (C=O) groups is 1. The number of rotatable bonds is 2. The maximum Gasteiger partial charge on any atom is 0.251 e. The second-order valence-electron chi connectivity index (χ2n) is 6.62. The summed E-state index contributed by atoms with van der Waals surface area (Å²) in [5.74, 6) is -0.939. The molecule has 2 aromatic carbocycles. The van der Waals surface area contributed by atoms with Crippen molar-refractivity contribution in [3.63, 3.8) is 0 Å². The summed E-state index contributed by atoms with van der Waals surface area (Å²) in [7, 11) is 0. The quantitative estimate of drug-likeness (QED) is 0.563. The van der Waals surface area contributed by atoms with Crippen LogP contribution in [0.4, 0.5) is 10.1 Å². The molecule has 4 aromatic rings. The number of nitrogens with zero attached hydrogens (tertiary/aromatic N) is 3. The van der Waals surface area contributed by atoms with Crippen molar-refractivity contribution in [3.8, 4) is 5.69 Å². The highest BCUT2D eigenvalue weighted by Gasteiger charge is 2.31. The zero-order valence-corrected chi connectivity index (χ0v) is 14.5. The molecule has 0 radical (unpaired) electrons. The second kappa shape index (κ2) is 6.12. The van der Waals surface area contributed by atoms with Gasteiger partial charge in [-0.15, -0.1) is 10.2 Å². The standard InChI is InChI=1S/C20H14FN5O2/c21-11-3-5-12(6-4-11)26-24-16-8-7-15-18(19(16)25-26)14(10-17(27)23-15)13-2-1-9-22-20(13)28/h1-9,14H,10H2,(H,22,28)(H,23,27)/t14-/m1/s1. The third kappa shape index (κ3) is 2.58. The summed E-state index contributed by atoms with van der Waals surface area (Å²) >= 11 is 0. The zero-order valence-electron chi connectivity index (χ0n) is 14.5. The molecule has 5 rings (SSSR count). The molecule has 2 N–H and O–H groups in total. The molecule has 28 heavy (non-hydrogen) atoms. The number of fused-ring (bicyclic) bond motifs is 3. The normalized spacial score (nSPS) is 16.0. The number of halogens is 1. The molecule has 0 fully saturated rings. The van der Waals surface area contributed by atoms with Crippen molar-refractivity contribution in [1.82, 2.24) is 20.0 Å². The van der Waals surface area contributed by atoms with E-state index in [0.29, 0.717) is 28.0 Å².